The normalized spacial score (nSPS) is 18.7. The maximum atomic E-state index is 11.9. The van der Waals surface area contributed by atoms with Crippen molar-refractivity contribution in [2.24, 2.45) is 12.0 Å². The highest BCUT2D eigenvalue weighted by atomic mass is 35.5. The van der Waals surface area contributed by atoms with Gasteiger partial charge in [0.05, 0.1) is 19.4 Å². The topological polar surface area (TPSA) is 69.0 Å². The minimum absolute atomic E-state index is 0.0445. The third-order valence-electron chi connectivity index (χ3n) is 5.97. The Labute approximate surface area is 190 Å². The number of dihydropyridines is 1. The van der Waals surface area contributed by atoms with E-state index in [4.69, 9.17) is 21.1 Å². The Hall–Kier alpha value is -3.32. The van der Waals surface area contributed by atoms with Crippen LogP contribution in [0, 0.1) is 0 Å². The standard InChI is InChI=1S/C24H23ClN4O3/c1-28-19-4-3-17(31-2)9-16(19)10-20(28)15-5-7-27-23(11-15)32-18-6-8-29(14-18)21-12-26-13-22(30)24(21)25/h3-5,7,9-12,18H,6,8,13-14H2,1-2H3/t18-/m1/s1. The molecule has 3 aromatic rings. The summed E-state index contributed by atoms with van der Waals surface area (Å²) in [5, 5.41) is 1.37. The van der Waals surface area contributed by atoms with Gasteiger partial charge in [0.25, 0.3) is 0 Å². The number of halogens is 1. The van der Waals surface area contributed by atoms with E-state index < -0.39 is 0 Å². The van der Waals surface area contributed by atoms with E-state index in [2.05, 4.69) is 31.6 Å². The van der Waals surface area contributed by atoms with Gasteiger partial charge in [-0.3, -0.25) is 9.79 Å². The molecule has 8 heteroatoms. The average Bonchev–Trinajstić information content (AvgIpc) is 3.40. The number of carbonyl (C=O) groups excluding carboxylic acids is 1. The smallest absolute Gasteiger partial charge is 0.214 e. The lowest BCUT2D eigenvalue weighted by Gasteiger charge is -2.22. The fraction of sp³-hybridized carbons (Fsp3) is 0.292. The van der Waals surface area contributed by atoms with Crippen LogP contribution in [0.2, 0.25) is 0 Å². The molecule has 2 aliphatic rings. The van der Waals surface area contributed by atoms with Crippen LogP contribution in [0.25, 0.3) is 22.2 Å². The summed E-state index contributed by atoms with van der Waals surface area (Å²) in [5.41, 5.74) is 3.91. The van der Waals surface area contributed by atoms with Crippen LogP contribution in [0.1, 0.15) is 6.42 Å². The van der Waals surface area contributed by atoms with Gasteiger partial charge >= 0.3 is 0 Å². The highest BCUT2D eigenvalue weighted by Gasteiger charge is 2.29. The summed E-state index contributed by atoms with van der Waals surface area (Å²) < 4.78 is 13.7. The van der Waals surface area contributed by atoms with Crippen molar-refractivity contribution >= 4 is 34.5 Å². The molecule has 1 aromatic carbocycles. The molecule has 0 radical (unpaired) electrons. The first-order valence-electron chi connectivity index (χ1n) is 10.5. The molecular formula is C24H23ClN4O3. The molecule has 2 aliphatic heterocycles. The summed E-state index contributed by atoms with van der Waals surface area (Å²) in [6.07, 6.45) is 4.22. The molecule has 5 rings (SSSR count). The number of methoxy groups -OCH3 is 1. The molecule has 0 saturated carbocycles. The number of allylic oxidation sites excluding steroid dienone is 1. The van der Waals surface area contributed by atoms with Crippen molar-refractivity contribution in [1.29, 1.82) is 0 Å². The van der Waals surface area contributed by atoms with Crippen LogP contribution in [-0.2, 0) is 11.8 Å². The zero-order valence-electron chi connectivity index (χ0n) is 17.9. The van der Waals surface area contributed by atoms with Gasteiger partial charge in [-0.2, -0.15) is 0 Å². The highest BCUT2D eigenvalue weighted by molar-refractivity contribution is 6.44. The second-order valence-electron chi connectivity index (χ2n) is 7.96. The Morgan fingerprint density at radius 2 is 2.06 bits per heavy atom. The molecule has 4 heterocycles. The molecule has 2 aromatic heterocycles. The van der Waals surface area contributed by atoms with Gasteiger partial charge in [-0.15, -0.1) is 0 Å². The molecular weight excluding hydrogens is 428 g/mol. The lowest BCUT2D eigenvalue weighted by Crippen LogP contribution is -2.28. The summed E-state index contributed by atoms with van der Waals surface area (Å²) in [6, 6.07) is 12.1. The largest absolute Gasteiger partial charge is 0.497 e. The maximum absolute atomic E-state index is 11.9. The molecule has 164 valence electrons. The van der Waals surface area contributed by atoms with Gasteiger partial charge in [-0.25, -0.2) is 4.98 Å². The van der Waals surface area contributed by atoms with Crippen molar-refractivity contribution in [3.8, 4) is 22.9 Å². The lowest BCUT2D eigenvalue weighted by atomic mass is 10.2. The number of aromatic nitrogens is 2. The molecule has 0 amide bonds. The molecule has 0 aliphatic carbocycles. The first-order chi connectivity index (χ1) is 15.5. The van der Waals surface area contributed by atoms with Crippen LogP contribution in [0.5, 0.6) is 11.6 Å². The number of likely N-dealkylation sites (tertiary alicyclic amines) is 1. The number of ketones is 1. The first kappa shape index (κ1) is 20.6. The number of ether oxygens (including phenoxy) is 2. The highest BCUT2D eigenvalue weighted by Crippen LogP contribution is 2.31. The van der Waals surface area contributed by atoms with Crippen molar-refractivity contribution < 1.29 is 14.3 Å². The molecule has 0 N–H and O–H groups in total. The number of hydrogen-bond acceptors (Lipinski definition) is 6. The van der Waals surface area contributed by atoms with Crippen LogP contribution in [0.3, 0.4) is 0 Å². The number of rotatable bonds is 5. The Kier molecular flexibility index (Phi) is 5.35. The van der Waals surface area contributed by atoms with Gasteiger partial charge in [0, 0.05) is 60.7 Å². The summed E-state index contributed by atoms with van der Waals surface area (Å²) in [4.78, 5) is 22.4. The molecule has 0 unspecified atom stereocenters. The molecule has 32 heavy (non-hydrogen) atoms. The zero-order valence-corrected chi connectivity index (χ0v) is 18.7. The number of aliphatic imine (C=N–C) groups is 1. The van der Waals surface area contributed by atoms with E-state index in [0.717, 1.165) is 40.9 Å². The van der Waals surface area contributed by atoms with Gasteiger partial charge in [0.15, 0.2) is 5.78 Å². The fourth-order valence-electron chi connectivity index (χ4n) is 4.28. The van der Waals surface area contributed by atoms with E-state index in [9.17, 15) is 4.79 Å². The zero-order chi connectivity index (χ0) is 22.2. The van der Waals surface area contributed by atoms with Gasteiger partial charge in [0.1, 0.15) is 23.4 Å². The van der Waals surface area contributed by atoms with E-state index in [1.165, 1.54) is 0 Å². The Morgan fingerprint density at radius 3 is 2.91 bits per heavy atom. The monoisotopic (exact) mass is 450 g/mol. The molecule has 1 fully saturated rings. The third-order valence-corrected chi connectivity index (χ3v) is 6.38. The molecule has 0 bridgehead atoms. The van der Waals surface area contributed by atoms with Crippen molar-refractivity contribution in [2.45, 2.75) is 12.5 Å². The SMILES string of the molecule is COc1ccc2c(c1)cc(-c1ccnc(O[C@@H]3CCN(C4=C(Cl)C(=O)CN=C4)C3)c1)n2C. The van der Waals surface area contributed by atoms with Gasteiger partial charge < -0.3 is 18.9 Å². The van der Waals surface area contributed by atoms with Crippen molar-refractivity contribution in [3.63, 3.8) is 0 Å². The van der Waals surface area contributed by atoms with Gasteiger partial charge in [0.2, 0.25) is 5.88 Å². The van der Waals surface area contributed by atoms with E-state index in [0.29, 0.717) is 18.1 Å². The van der Waals surface area contributed by atoms with E-state index >= 15 is 0 Å². The molecule has 1 saturated heterocycles. The van der Waals surface area contributed by atoms with Crippen molar-refractivity contribution in [2.75, 3.05) is 26.7 Å². The number of pyridine rings is 1. The number of nitrogens with zero attached hydrogens (tertiary/aromatic N) is 4. The average molecular weight is 451 g/mol. The number of benzene rings is 1. The molecule has 1 atom stereocenters. The number of hydrogen-bond donors (Lipinski definition) is 0. The Balaban J connectivity index is 1.35. The van der Waals surface area contributed by atoms with E-state index in [-0.39, 0.29) is 23.5 Å². The summed E-state index contributed by atoms with van der Waals surface area (Å²) in [5.74, 6) is 1.26. The van der Waals surface area contributed by atoms with Crippen molar-refractivity contribution in [1.82, 2.24) is 14.5 Å². The number of fused-ring (bicyclic) bond motifs is 1. The first-order valence-corrected chi connectivity index (χ1v) is 10.9. The second kappa shape index (κ2) is 8.31. The van der Waals surface area contributed by atoms with Gasteiger partial charge in [-0.1, -0.05) is 11.6 Å². The predicted octanol–water partition coefficient (Wildman–Crippen LogP) is 3.81. The Bertz CT molecular complexity index is 1260. The minimum Gasteiger partial charge on any atom is -0.497 e. The maximum Gasteiger partial charge on any atom is 0.214 e. The second-order valence-corrected chi connectivity index (χ2v) is 8.34. The quantitative estimate of drug-likeness (QED) is 0.591. The van der Waals surface area contributed by atoms with Crippen LogP contribution in [0.4, 0.5) is 0 Å². The molecule has 0 spiro atoms. The van der Waals surface area contributed by atoms with Gasteiger partial charge in [-0.05, 0) is 30.3 Å². The number of carbonyl (C=O) groups is 1. The van der Waals surface area contributed by atoms with Crippen LogP contribution >= 0.6 is 11.6 Å². The van der Waals surface area contributed by atoms with E-state index in [1.54, 1.807) is 19.5 Å². The summed E-state index contributed by atoms with van der Waals surface area (Å²) in [7, 11) is 3.72. The van der Waals surface area contributed by atoms with Crippen LogP contribution in [-0.4, -0.2) is 59.3 Å². The lowest BCUT2D eigenvalue weighted by molar-refractivity contribution is -0.113. The summed E-state index contributed by atoms with van der Waals surface area (Å²) >= 11 is 6.21. The number of Topliss-reactive ketones (excluding diaryl/α,β-unsaturated/α-hetero) is 1. The van der Waals surface area contributed by atoms with E-state index in [1.807, 2.05) is 31.3 Å². The predicted molar refractivity (Wildman–Crippen MR) is 125 cm³/mol. The van der Waals surface area contributed by atoms with Crippen LogP contribution in [0.15, 0.2) is 58.3 Å². The summed E-state index contributed by atoms with van der Waals surface area (Å²) in [6.45, 7) is 1.50. The number of aryl methyl sites for hydroxylation is 1. The minimum atomic E-state index is -0.143. The Morgan fingerprint density at radius 1 is 1.19 bits per heavy atom. The molecule has 7 nitrogen and oxygen atoms in total. The third kappa shape index (κ3) is 3.73. The van der Waals surface area contributed by atoms with Crippen molar-refractivity contribution in [3.05, 3.63) is 53.3 Å². The fourth-order valence-corrected chi connectivity index (χ4v) is 4.51. The van der Waals surface area contributed by atoms with Crippen LogP contribution < -0.4 is 9.47 Å².